The Morgan fingerprint density at radius 1 is 0.537 bits per heavy atom. The number of phenolic OH excluding ortho intramolecular Hbond substituents is 1. The lowest BCUT2D eigenvalue weighted by atomic mass is 9.70. The summed E-state index contributed by atoms with van der Waals surface area (Å²) in [5.74, 6) is 0.0169. The maximum Gasteiger partial charge on any atom is 0.534 e. The molecule has 2 aliphatic carbocycles. The lowest BCUT2D eigenvalue weighted by molar-refractivity contribution is -0.0500. The SMILES string of the molecule is CCC(CC)(c1ccc(/C=C/C2(O)CCCCCC2)c(C)c1)c1ccc(OS(=O)(=O)C(F)(F)F)c(C)c1.CCC(CC)(c1ccc(O)c(C)c1)c1ccc(/C=C/C2(O)CCCCCC2)c(C)c1. The van der Waals surface area contributed by atoms with E-state index in [1.807, 2.05) is 44.2 Å². The maximum absolute atomic E-state index is 12.8. The van der Waals surface area contributed by atoms with Crippen LogP contribution in [0.3, 0.4) is 0 Å². The van der Waals surface area contributed by atoms with Gasteiger partial charge in [-0.3, -0.25) is 0 Å². The van der Waals surface area contributed by atoms with Crippen LogP contribution in [0.1, 0.15) is 186 Å². The van der Waals surface area contributed by atoms with Crippen LogP contribution in [0.15, 0.2) is 84.9 Å². The fourth-order valence-corrected chi connectivity index (χ4v) is 11.0. The van der Waals surface area contributed by atoms with E-state index in [0.29, 0.717) is 11.3 Å². The number of hydrogen-bond donors (Lipinski definition) is 3. The first-order valence-electron chi connectivity index (χ1n) is 24.6. The minimum atomic E-state index is -5.74. The normalized spacial score (nSPS) is 17.1. The first-order chi connectivity index (χ1) is 31.6. The summed E-state index contributed by atoms with van der Waals surface area (Å²) in [5.41, 5.74) is 2.87. The monoisotopic (exact) mass is 945 g/mol. The molecule has 10 heteroatoms. The van der Waals surface area contributed by atoms with Crippen molar-refractivity contribution in [2.24, 2.45) is 0 Å². The lowest BCUT2D eigenvalue weighted by Gasteiger charge is -2.34. The van der Waals surface area contributed by atoms with Gasteiger partial charge in [-0.25, -0.2) is 0 Å². The Morgan fingerprint density at radius 2 is 0.881 bits per heavy atom. The highest BCUT2D eigenvalue weighted by atomic mass is 32.2. The Bertz CT molecular complexity index is 2440. The number of alkyl halides is 3. The van der Waals surface area contributed by atoms with Crippen LogP contribution >= 0.6 is 0 Å². The first-order valence-corrected chi connectivity index (χ1v) is 26.0. The molecule has 0 unspecified atom stereocenters. The van der Waals surface area contributed by atoms with Gasteiger partial charge >= 0.3 is 15.6 Å². The predicted octanol–water partition coefficient (Wildman–Crippen LogP) is 15.0. The van der Waals surface area contributed by atoms with E-state index in [4.69, 9.17) is 0 Å². The van der Waals surface area contributed by atoms with E-state index in [-0.39, 0.29) is 11.2 Å². The Kier molecular flexibility index (Phi) is 17.9. The molecule has 4 aromatic carbocycles. The van der Waals surface area contributed by atoms with Crippen LogP contribution < -0.4 is 4.18 Å². The largest absolute Gasteiger partial charge is 0.534 e. The third-order valence-corrected chi connectivity index (χ3v) is 16.1. The average Bonchev–Trinajstić information content (AvgIpc) is 3.65. The number of benzene rings is 4. The molecule has 0 bridgehead atoms. The van der Waals surface area contributed by atoms with Crippen molar-refractivity contribution in [1.82, 2.24) is 0 Å². The van der Waals surface area contributed by atoms with Gasteiger partial charge in [0.25, 0.3) is 0 Å². The predicted molar refractivity (Wildman–Crippen MR) is 268 cm³/mol. The Balaban J connectivity index is 0.000000256. The van der Waals surface area contributed by atoms with E-state index < -0.39 is 32.2 Å². The highest BCUT2D eigenvalue weighted by Crippen LogP contribution is 2.43. The molecule has 6 rings (SSSR count). The Hall–Kier alpha value is -4.38. The molecule has 2 fully saturated rings. The quantitative estimate of drug-likeness (QED) is 0.0661. The molecule has 0 saturated heterocycles. The number of phenols is 1. The highest BCUT2D eigenvalue weighted by molar-refractivity contribution is 7.88. The molecule has 0 aromatic heterocycles. The van der Waals surface area contributed by atoms with Crippen LogP contribution in [-0.4, -0.2) is 40.4 Å². The molecule has 6 nitrogen and oxygen atoms in total. The van der Waals surface area contributed by atoms with E-state index in [0.717, 1.165) is 118 Å². The van der Waals surface area contributed by atoms with Crippen molar-refractivity contribution >= 4 is 22.3 Å². The summed E-state index contributed by atoms with van der Waals surface area (Å²) in [7, 11) is -5.74. The van der Waals surface area contributed by atoms with E-state index in [1.165, 1.54) is 48.1 Å². The number of hydrogen-bond acceptors (Lipinski definition) is 6. The molecule has 67 heavy (non-hydrogen) atoms. The third kappa shape index (κ3) is 12.6. The number of aliphatic hydroxyl groups is 2. The minimum Gasteiger partial charge on any atom is -0.508 e. The summed E-state index contributed by atoms with van der Waals surface area (Å²) < 4.78 is 65.7. The molecule has 2 aliphatic rings. The molecule has 0 heterocycles. The molecule has 366 valence electrons. The second-order valence-electron chi connectivity index (χ2n) is 19.4. The van der Waals surface area contributed by atoms with Gasteiger partial charge in [-0.15, -0.1) is 0 Å². The number of halogens is 3. The Labute approximate surface area is 399 Å². The zero-order valence-electron chi connectivity index (χ0n) is 41.2. The van der Waals surface area contributed by atoms with Crippen molar-refractivity contribution < 1.29 is 41.1 Å². The third-order valence-electron chi connectivity index (χ3n) is 15.1. The van der Waals surface area contributed by atoms with Crippen molar-refractivity contribution in [2.75, 3.05) is 0 Å². The molecule has 0 amide bonds. The second-order valence-corrected chi connectivity index (χ2v) is 20.9. The molecular formula is C57H75F3O6S. The van der Waals surface area contributed by atoms with Crippen LogP contribution in [0.25, 0.3) is 12.2 Å². The van der Waals surface area contributed by atoms with Gasteiger partial charge in [0.05, 0.1) is 11.2 Å². The standard InChI is InChI=1S/C29H37F3O4S.C28H38O2/c1-5-28(6-2,25-13-14-26(22(4)20-25)36-37(34,35)29(30,31)32)24-12-11-23(21(3)19-24)15-18-27(33)16-9-7-8-10-17-27;1-5-28(6-2,25-13-14-26(29)22(4)20-25)24-12-11-23(21(3)19-24)15-18-27(30)16-9-7-8-10-17-27/h11-15,18-20,33H,5-10,16-17H2,1-4H3;11-15,18-20,29-30H,5-10,16-17H2,1-4H3/b2*18-15+. The van der Waals surface area contributed by atoms with E-state index >= 15 is 0 Å². The molecular weight excluding hydrogens is 870 g/mol. The smallest absolute Gasteiger partial charge is 0.508 e. The molecule has 4 aromatic rings. The lowest BCUT2D eigenvalue weighted by Crippen LogP contribution is -2.29. The van der Waals surface area contributed by atoms with Gasteiger partial charge in [0.1, 0.15) is 11.5 Å². The molecule has 0 atom stereocenters. The van der Waals surface area contributed by atoms with Gasteiger partial charge in [-0.05, 0) is 147 Å². The van der Waals surface area contributed by atoms with Gasteiger partial charge in [0.15, 0.2) is 0 Å². The summed E-state index contributed by atoms with van der Waals surface area (Å²) in [4.78, 5) is 0. The average molecular weight is 945 g/mol. The zero-order valence-corrected chi connectivity index (χ0v) is 42.0. The Morgan fingerprint density at radius 3 is 1.21 bits per heavy atom. The van der Waals surface area contributed by atoms with Crippen molar-refractivity contribution in [1.29, 1.82) is 0 Å². The van der Waals surface area contributed by atoms with Gasteiger partial charge in [0.2, 0.25) is 0 Å². The molecule has 0 spiro atoms. The maximum atomic E-state index is 12.8. The van der Waals surface area contributed by atoms with Crippen LogP contribution in [0.4, 0.5) is 13.2 Å². The van der Waals surface area contributed by atoms with Crippen LogP contribution in [0, 0.1) is 27.7 Å². The summed E-state index contributed by atoms with van der Waals surface area (Å²) in [5, 5.41) is 31.9. The topological polar surface area (TPSA) is 104 Å². The van der Waals surface area contributed by atoms with E-state index in [9.17, 15) is 36.9 Å². The molecule has 2 saturated carbocycles. The minimum absolute atomic E-state index is 0.0645. The number of aryl methyl sites for hydroxylation is 4. The summed E-state index contributed by atoms with van der Waals surface area (Å²) in [6.45, 7) is 16.3. The zero-order chi connectivity index (χ0) is 49.3. The molecule has 0 aliphatic heterocycles. The summed E-state index contributed by atoms with van der Waals surface area (Å²) in [6, 6.07) is 23.7. The van der Waals surface area contributed by atoms with Crippen LogP contribution in [0.5, 0.6) is 11.5 Å². The van der Waals surface area contributed by atoms with Gasteiger partial charge < -0.3 is 19.5 Å². The van der Waals surface area contributed by atoms with Crippen LogP contribution in [-0.2, 0) is 20.9 Å². The molecule has 3 N–H and O–H groups in total. The fraction of sp³-hybridized carbons (Fsp3) is 0.509. The van der Waals surface area contributed by atoms with Gasteiger partial charge in [-0.2, -0.15) is 21.6 Å². The van der Waals surface area contributed by atoms with E-state index in [2.05, 4.69) is 87.3 Å². The summed E-state index contributed by atoms with van der Waals surface area (Å²) in [6.07, 6.45) is 23.9. The van der Waals surface area contributed by atoms with Gasteiger partial charge in [0, 0.05) is 10.8 Å². The fourth-order valence-electron chi connectivity index (χ4n) is 10.5. The van der Waals surface area contributed by atoms with Crippen LogP contribution in [0.2, 0.25) is 0 Å². The highest BCUT2D eigenvalue weighted by Gasteiger charge is 2.49. The van der Waals surface area contributed by atoms with Gasteiger partial charge in [-0.1, -0.05) is 164 Å². The van der Waals surface area contributed by atoms with Crippen molar-refractivity contribution in [3.63, 3.8) is 0 Å². The first kappa shape index (κ1) is 53.6. The number of aromatic hydroxyl groups is 1. The molecule has 0 radical (unpaired) electrons. The van der Waals surface area contributed by atoms with Crippen molar-refractivity contribution in [3.8, 4) is 11.5 Å². The number of rotatable bonds is 14. The van der Waals surface area contributed by atoms with Crippen molar-refractivity contribution in [2.45, 2.75) is 186 Å². The summed E-state index contributed by atoms with van der Waals surface area (Å²) >= 11 is 0. The van der Waals surface area contributed by atoms with Crippen molar-refractivity contribution in [3.05, 3.63) is 141 Å². The van der Waals surface area contributed by atoms with E-state index in [1.54, 1.807) is 12.1 Å². The second kappa shape index (κ2) is 22.4.